The van der Waals surface area contributed by atoms with Crippen molar-refractivity contribution in [3.05, 3.63) is 17.5 Å². The number of hydrogen-bond acceptors (Lipinski definition) is 4. The topological polar surface area (TPSA) is 64.1 Å². The van der Waals surface area contributed by atoms with Crippen LogP contribution in [0.3, 0.4) is 0 Å². The minimum absolute atomic E-state index is 0.0528. The quantitative estimate of drug-likeness (QED) is 0.857. The lowest BCUT2D eigenvalue weighted by molar-refractivity contribution is -0.143. The zero-order valence-corrected chi connectivity index (χ0v) is 9.83. The molecule has 1 saturated heterocycles. The number of rotatable bonds is 2. The van der Waals surface area contributed by atoms with Crippen LogP contribution in [0.5, 0.6) is 0 Å². The lowest BCUT2D eigenvalue weighted by Gasteiger charge is -2.19. The number of halogens is 3. The highest BCUT2D eigenvalue weighted by molar-refractivity contribution is 5.19. The minimum Gasteiger partial charge on any atom is -0.364 e. The van der Waals surface area contributed by atoms with Gasteiger partial charge in [-0.2, -0.15) is 13.2 Å². The van der Waals surface area contributed by atoms with Gasteiger partial charge in [-0.15, -0.1) is 0 Å². The van der Waals surface area contributed by atoms with E-state index < -0.39 is 11.9 Å². The van der Waals surface area contributed by atoms with Crippen LogP contribution in [-0.2, 0) is 12.6 Å². The standard InChI is InChI=1S/C11H16F3N3O/c12-11(13,14)10-7(6-18-17-10)5-8-3-1-2-4-9(15)16-8/h6,8-9,16H,1-5,15H2. The fourth-order valence-corrected chi connectivity index (χ4v) is 2.29. The van der Waals surface area contributed by atoms with Crippen LogP contribution in [0, 0.1) is 0 Å². The Morgan fingerprint density at radius 2 is 2.11 bits per heavy atom. The number of aromatic nitrogens is 1. The predicted molar refractivity (Wildman–Crippen MR) is 58.6 cm³/mol. The maximum atomic E-state index is 12.6. The average Bonchev–Trinajstić information content (AvgIpc) is 2.62. The van der Waals surface area contributed by atoms with Crippen LogP contribution in [0.2, 0.25) is 0 Å². The summed E-state index contributed by atoms with van der Waals surface area (Å²) in [5.41, 5.74) is 4.97. The first-order valence-electron chi connectivity index (χ1n) is 5.99. The van der Waals surface area contributed by atoms with E-state index in [0.717, 1.165) is 31.9 Å². The molecule has 0 radical (unpaired) electrons. The third kappa shape index (κ3) is 3.23. The van der Waals surface area contributed by atoms with Gasteiger partial charge in [-0.05, 0) is 19.3 Å². The van der Waals surface area contributed by atoms with Gasteiger partial charge >= 0.3 is 6.18 Å². The molecule has 3 N–H and O–H groups in total. The predicted octanol–water partition coefficient (Wildman–Crippen LogP) is 2.05. The maximum Gasteiger partial charge on any atom is 0.437 e. The normalized spacial score (nSPS) is 26.0. The molecule has 0 aliphatic carbocycles. The molecule has 0 saturated carbocycles. The first-order chi connectivity index (χ1) is 8.47. The van der Waals surface area contributed by atoms with Crippen molar-refractivity contribution < 1.29 is 17.7 Å². The molecule has 18 heavy (non-hydrogen) atoms. The van der Waals surface area contributed by atoms with Crippen LogP contribution < -0.4 is 11.1 Å². The van der Waals surface area contributed by atoms with Crippen molar-refractivity contribution in [3.63, 3.8) is 0 Å². The van der Waals surface area contributed by atoms with Gasteiger partial charge in [0.15, 0.2) is 5.69 Å². The molecule has 102 valence electrons. The van der Waals surface area contributed by atoms with Crippen molar-refractivity contribution in [1.29, 1.82) is 0 Å². The molecular weight excluding hydrogens is 247 g/mol. The summed E-state index contributed by atoms with van der Waals surface area (Å²) in [6, 6.07) is -0.0528. The fraction of sp³-hybridized carbons (Fsp3) is 0.727. The van der Waals surface area contributed by atoms with Crippen LogP contribution in [0.15, 0.2) is 10.8 Å². The fourth-order valence-electron chi connectivity index (χ4n) is 2.29. The molecule has 1 aliphatic rings. The Morgan fingerprint density at radius 3 is 2.83 bits per heavy atom. The van der Waals surface area contributed by atoms with Crippen molar-refractivity contribution in [3.8, 4) is 0 Å². The van der Waals surface area contributed by atoms with Crippen LogP contribution in [0.1, 0.15) is 36.9 Å². The van der Waals surface area contributed by atoms with Crippen molar-refractivity contribution in [2.45, 2.75) is 50.5 Å². The molecule has 1 aliphatic heterocycles. The van der Waals surface area contributed by atoms with Crippen LogP contribution in [0.4, 0.5) is 13.2 Å². The van der Waals surface area contributed by atoms with E-state index in [-0.39, 0.29) is 24.2 Å². The molecule has 4 nitrogen and oxygen atoms in total. The zero-order chi connectivity index (χ0) is 13.2. The minimum atomic E-state index is -4.46. The van der Waals surface area contributed by atoms with Gasteiger partial charge in [0.1, 0.15) is 6.26 Å². The number of hydrogen-bond donors (Lipinski definition) is 2. The highest BCUT2D eigenvalue weighted by atomic mass is 19.4. The van der Waals surface area contributed by atoms with Gasteiger partial charge in [-0.25, -0.2) is 0 Å². The molecule has 0 aromatic carbocycles. The lowest BCUT2D eigenvalue weighted by Crippen LogP contribution is -2.43. The first kappa shape index (κ1) is 13.4. The molecule has 2 heterocycles. The molecule has 2 unspecified atom stereocenters. The Labute approximate surface area is 103 Å². The third-order valence-electron chi connectivity index (χ3n) is 3.15. The average molecular weight is 263 g/mol. The van der Waals surface area contributed by atoms with E-state index in [0.29, 0.717) is 0 Å². The highest BCUT2D eigenvalue weighted by Crippen LogP contribution is 2.31. The van der Waals surface area contributed by atoms with E-state index in [4.69, 9.17) is 5.73 Å². The molecule has 0 bridgehead atoms. The van der Waals surface area contributed by atoms with Gasteiger partial charge in [0.25, 0.3) is 0 Å². The summed E-state index contributed by atoms with van der Waals surface area (Å²) in [5, 5.41) is 6.17. The van der Waals surface area contributed by atoms with Crippen molar-refractivity contribution >= 4 is 0 Å². The second kappa shape index (κ2) is 5.27. The summed E-state index contributed by atoms with van der Waals surface area (Å²) < 4.78 is 42.3. The van der Waals surface area contributed by atoms with Gasteiger partial charge in [0, 0.05) is 11.6 Å². The van der Waals surface area contributed by atoms with E-state index in [2.05, 4.69) is 15.0 Å². The molecule has 1 aromatic heterocycles. The molecule has 1 aromatic rings. The van der Waals surface area contributed by atoms with Crippen molar-refractivity contribution in [2.75, 3.05) is 0 Å². The first-order valence-corrected chi connectivity index (χ1v) is 5.99. The highest BCUT2D eigenvalue weighted by Gasteiger charge is 2.38. The summed E-state index contributed by atoms with van der Waals surface area (Å²) in [6.07, 6.45) is 0.343. The molecule has 2 atom stereocenters. The monoisotopic (exact) mass is 263 g/mol. The van der Waals surface area contributed by atoms with Gasteiger partial charge in [0.05, 0.1) is 6.17 Å². The Balaban J connectivity index is 2.07. The van der Waals surface area contributed by atoms with Crippen molar-refractivity contribution in [1.82, 2.24) is 10.5 Å². The molecular formula is C11H16F3N3O. The summed E-state index contributed by atoms with van der Waals surface area (Å²) in [5.74, 6) is 0. The van der Waals surface area contributed by atoms with E-state index >= 15 is 0 Å². The van der Waals surface area contributed by atoms with Gasteiger partial charge in [-0.3, -0.25) is 5.32 Å². The summed E-state index contributed by atoms with van der Waals surface area (Å²) in [7, 11) is 0. The summed E-state index contributed by atoms with van der Waals surface area (Å²) in [4.78, 5) is 0. The Bertz CT molecular complexity index is 391. The van der Waals surface area contributed by atoms with Crippen molar-refractivity contribution in [2.24, 2.45) is 5.73 Å². The Hall–Kier alpha value is -1.08. The number of alkyl halides is 3. The van der Waals surface area contributed by atoms with E-state index in [9.17, 15) is 13.2 Å². The smallest absolute Gasteiger partial charge is 0.364 e. The molecule has 0 spiro atoms. The maximum absolute atomic E-state index is 12.6. The van der Waals surface area contributed by atoms with Gasteiger partial charge < -0.3 is 10.3 Å². The SMILES string of the molecule is NC1CCCCC(Cc2conc2C(F)(F)F)N1. The Kier molecular flexibility index (Phi) is 3.91. The summed E-state index contributed by atoms with van der Waals surface area (Å²) >= 11 is 0. The van der Waals surface area contributed by atoms with Gasteiger partial charge in [0.2, 0.25) is 0 Å². The van der Waals surface area contributed by atoms with E-state index in [1.54, 1.807) is 0 Å². The lowest BCUT2D eigenvalue weighted by atomic mass is 10.0. The second-order valence-electron chi connectivity index (χ2n) is 4.64. The van der Waals surface area contributed by atoms with E-state index in [1.807, 2.05) is 0 Å². The second-order valence-corrected chi connectivity index (χ2v) is 4.64. The van der Waals surface area contributed by atoms with E-state index in [1.165, 1.54) is 0 Å². The zero-order valence-electron chi connectivity index (χ0n) is 9.83. The number of nitrogens with zero attached hydrogens (tertiary/aromatic N) is 1. The largest absolute Gasteiger partial charge is 0.437 e. The molecule has 0 amide bonds. The summed E-state index contributed by atoms with van der Waals surface area (Å²) in [6.45, 7) is 0. The van der Waals surface area contributed by atoms with Gasteiger partial charge in [-0.1, -0.05) is 18.0 Å². The molecule has 7 heteroatoms. The van der Waals surface area contributed by atoms with Crippen LogP contribution >= 0.6 is 0 Å². The van der Waals surface area contributed by atoms with Crippen LogP contribution in [-0.4, -0.2) is 17.4 Å². The number of nitrogens with one attached hydrogen (secondary N) is 1. The van der Waals surface area contributed by atoms with Crippen LogP contribution in [0.25, 0.3) is 0 Å². The Morgan fingerprint density at radius 1 is 1.39 bits per heavy atom. The third-order valence-corrected chi connectivity index (χ3v) is 3.15. The molecule has 2 rings (SSSR count). The molecule has 1 fully saturated rings. The number of nitrogens with two attached hydrogens (primary N) is 1.